The van der Waals surface area contributed by atoms with Gasteiger partial charge in [-0.1, -0.05) is 31.2 Å². The van der Waals surface area contributed by atoms with Gasteiger partial charge in [-0.3, -0.25) is 9.89 Å². The van der Waals surface area contributed by atoms with E-state index in [9.17, 15) is 0 Å². The largest absolute Gasteiger partial charge is 0.356 e. The van der Waals surface area contributed by atoms with Gasteiger partial charge in [0.15, 0.2) is 5.96 Å². The second kappa shape index (κ2) is 7.63. The van der Waals surface area contributed by atoms with Crippen LogP contribution in [0, 0.1) is 5.92 Å². The lowest BCUT2D eigenvalue weighted by Gasteiger charge is -2.31. The molecule has 0 amide bonds. The summed E-state index contributed by atoms with van der Waals surface area (Å²) in [5.41, 5.74) is 2.83. The molecule has 1 aromatic rings. The molecule has 0 aromatic heterocycles. The fourth-order valence-electron chi connectivity index (χ4n) is 3.39. The summed E-state index contributed by atoms with van der Waals surface area (Å²) in [4.78, 5) is 7.08. The zero-order chi connectivity index (χ0) is 15.2. The third-order valence-corrected chi connectivity index (χ3v) is 4.60. The zero-order valence-corrected chi connectivity index (χ0v) is 13.6. The second-order valence-corrected chi connectivity index (χ2v) is 6.62. The molecule has 0 bridgehead atoms. The number of aliphatic imine (C=N–C) groups is 1. The van der Waals surface area contributed by atoms with E-state index in [0.29, 0.717) is 0 Å². The Kier molecular flexibility index (Phi) is 5.33. The van der Waals surface area contributed by atoms with E-state index in [4.69, 9.17) is 0 Å². The highest BCUT2D eigenvalue weighted by Gasteiger charge is 2.17. The Morgan fingerprint density at radius 2 is 2.14 bits per heavy atom. The van der Waals surface area contributed by atoms with Gasteiger partial charge in [-0.25, -0.2) is 0 Å². The Balaban J connectivity index is 1.60. The van der Waals surface area contributed by atoms with Crippen LogP contribution < -0.4 is 10.6 Å². The maximum absolute atomic E-state index is 4.48. The molecule has 0 aliphatic carbocycles. The van der Waals surface area contributed by atoms with E-state index in [1.54, 1.807) is 0 Å². The summed E-state index contributed by atoms with van der Waals surface area (Å²) in [7, 11) is 0. The molecule has 3 rings (SSSR count). The Labute approximate surface area is 134 Å². The number of hydrogen-bond acceptors (Lipinski definition) is 4. The molecule has 2 aliphatic heterocycles. The average Bonchev–Trinajstić information content (AvgIpc) is 2.55. The van der Waals surface area contributed by atoms with E-state index in [0.717, 1.165) is 44.5 Å². The number of piperidine rings is 1. The number of likely N-dealkylation sites (tertiary alicyclic amines) is 1. The van der Waals surface area contributed by atoms with Crippen molar-refractivity contribution >= 4 is 5.96 Å². The van der Waals surface area contributed by atoms with Crippen molar-refractivity contribution < 1.29 is 0 Å². The summed E-state index contributed by atoms with van der Waals surface area (Å²) in [6, 6.07) is 8.80. The summed E-state index contributed by atoms with van der Waals surface area (Å²) in [6.07, 6.45) is 3.85. The number of rotatable bonds is 4. The molecule has 2 heterocycles. The Bertz CT molecular complexity index is 512. The monoisotopic (exact) mass is 300 g/mol. The van der Waals surface area contributed by atoms with Crippen molar-refractivity contribution in [2.75, 3.05) is 26.2 Å². The first kappa shape index (κ1) is 15.3. The Hall–Kier alpha value is -1.55. The van der Waals surface area contributed by atoms with Gasteiger partial charge in [-0.05, 0) is 42.9 Å². The van der Waals surface area contributed by atoms with Crippen molar-refractivity contribution in [1.82, 2.24) is 15.5 Å². The fraction of sp³-hybridized carbons (Fsp3) is 0.611. The van der Waals surface area contributed by atoms with Crippen molar-refractivity contribution in [2.24, 2.45) is 10.9 Å². The fourth-order valence-corrected chi connectivity index (χ4v) is 3.39. The number of nitrogens with zero attached hydrogens (tertiary/aromatic N) is 2. The number of benzene rings is 1. The van der Waals surface area contributed by atoms with Gasteiger partial charge in [0.2, 0.25) is 0 Å². The predicted octanol–water partition coefficient (Wildman–Crippen LogP) is 2.36. The quantitative estimate of drug-likeness (QED) is 0.897. The van der Waals surface area contributed by atoms with Gasteiger partial charge in [-0.15, -0.1) is 0 Å². The minimum absolute atomic E-state index is 0.833. The van der Waals surface area contributed by atoms with Crippen LogP contribution in [-0.2, 0) is 13.1 Å². The lowest BCUT2D eigenvalue weighted by molar-refractivity contribution is 0.176. The molecule has 0 saturated carbocycles. The van der Waals surface area contributed by atoms with E-state index in [1.807, 2.05) is 0 Å². The number of guanidine groups is 1. The highest BCUT2D eigenvalue weighted by molar-refractivity contribution is 5.80. The van der Waals surface area contributed by atoms with Gasteiger partial charge >= 0.3 is 0 Å². The highest BCUT2D eigenvalue weighted by atomic mass is 15.2. The summed E-state index contributed by atoms with van der Waals surface area (Å²) in [6.45, 7) is 8.72. The predicted molar refractivity (Wildman–Crippen MR) is 91.9 cm³/mol. The van der Waals surface area contributed by atoms with E-state index in [2.05, 4.69) is 51.7 Å². The Morgan fingerprint density at radius 1 is 1.27 bits per heavy atom. The van der Waals surface area contributed by atoms with Crippen LogP contribution in [0.2, 0.25) is 0 Å². The van der Waals surface area contributed by atoms with E-state index in [1.165, 1.54) is 37.1 Å². The second-order valence-electron chi connectivity index (χ2n) is 6.62. The minimum atomic E-state index is 0.833. The van der Waals surface area contributed by atoms with Crippen molar-refractivity contribution in [3.63, 3.8) is 0 Å². The minimum Gasteiger partial charge on any atom is -0.356 e. The van der Waals surface area contributed by atoms with Gasteiger partial charge < -0.3 is 10.6 Å². The highest BCUT2D eigenvalue weighted by Crippen LogP contribution is 2.19. The van der Waals surface area contributed by atoms with E-state index in [-0.39, 0.29) is 0 Å². The first-order chi connectivity index (χ1) is 10.8. The maximum Gasteiger partial charge on any atom is 0.191 e. The molecule has 1 fully saturated rings. The molecule has 1 saturated heterocycles. The van der Waals surface area contributed by atoms with Gasteiger partial charge in [0.25, 0.3) is 0 Å². The van der Waals surface area contributed by atoms with Crippen LogP contribution in [0.25, 0.3) is 0 Å². The number of nitrogens with one attached hydrogen (secondary N) is 2. The molecule has 120 valence electrons. The molecule has 1 aromatic carbocycles. The molecule has 2 aliphatic rings. The lowest BCUT2D eigenvalue weighted by atomic mass is 9.99. The van der Waals surface area contributed by atoms with E-state index >= 15 is 0 Å². The summed E-state index contributed by atoms with van der Waals surface area (Å²) in [5, 5.41) is 6.77. The summed E-state index contributed by atoms with van der Waals surface area (Å²) >= 11 is 0. The van der Waals surface area contributed by atoms with Crippen LogP contribution in [0.1, 0.15) is 37.3 Å². The van der Waals surface area contributed by atoms with Gasteiger partial charge in [-0.2, -0.15) is 0 Å². The standard InChI is InChI=1S/C18H28N4/c1-15-6-4-11-22(13-15)14-17-8-3-2-7-16(17)12-21-18-19-9-5-10-20-18/h2-3,7-8,15H,4-6,9-14H2,1H3,(H2,19,20,21). The van der Waals surface area contributed by atoms with Crippen molar-refractivity contribution in [3.05, 3.63) is 35.4 Å². The molecule has 2 N–H and O–H groups in total. The molecule has 0 spiro atoms. The van der Waals surface area contributed by atoms with Crippen LogP contribution in [0.15, 0.2) is 29.3 Å². The smallest absolute Gasteiger partial charge is 0.191 e. The van der Waals surface area contributed by atoms with Crippen molar-refractivity contribution in [3.8, 4) is 0 Å². The average molecular weight is 300 g/mol. The topological polar surface area (TPSA) is 39.7 Å². The number of hydrogen-bond donors (Lipinski definition) is 2. The zero-order valence-electron chi connectivity index (χ0n) is 13.6. The van der Waals surface area contributed by atoms with Crippen molar-refractivity contribution in [2.45, 2.75) is 39.3 Å². The molecule has 22 heavy (non-hydrogen) atoms. The van der Waals surface area contributed by atoms with Gasteiger partial charge in [0, 0.05) is 32.7 Å². The molecule has 1 atom stereocenters. The van der Waals surface area contributed by atoms with Crippen LogP contribution in [-0.4, -0.2) is 37.0 Å². The first-order valence-corrected chi connectivity index (χ1v) is 8.62. The summed E-state index contributed by atoms with van der Waals surface area (Å²) < 4.78 is 0. The van der Waals surface area contributed by atoms with Gasteiger partial charge in [0.1, 0.15) is 0 Å². The van der Waals surface area contributed by atoms with Crippen LogP contribution in [0.3, 0.4) is 0 Å². The molecular formula is C18H28N4. The van der Waals surface area contributed by atoms with Crippen molar-refractivity contribution in [1.29, 1.82) is 0 Å². The van der Waals surface area contributed by atoms with Gasteiger partial charge in [0.05, 0.1) is 0 Å². The molecule has 1 unspecified atom stereocenters. The maximum atomic E-state index is 4.48. The SMILES string of the molecule is CC1CCCN(Cc2ccccc2CNC2=NCCCN2)C1. The van der Waals surface area contributed by atoms with Crippen LogP contribution in [0.5, 0.6) is 0 Å². The third-order valence-electron chi connectivity index (χ3n) is 4.60. The summed E-state index contributed by atoms with van der Waals surface area (Å²) in [5.74, 6) is 1.78. The third kappa shape index (κ3) is 4.23. The Morgan fingerprint density at radius 3 is 2.91 bits per heavy atom. The normalized spacial score (nSPS) is 22.8. The van der Waals surface area contributed by atoms with E-state index < -0.39 is 0 Å². The lowest BCUT2D eigenvalue weighted by Crippen LogP contribution is -2.40. The molecule has 4 nitrogen and oxygen atoms in total. The molecule has 0 radical (unpaired) electrons. The molecular weight excluding hydrogens is 272 g/mol. The molecule has 4 heteroatoms. The van der Waals surface area contributed by atoms with Crippen LogP contribution in [0.4, 0.5) is 0 Å². The van der Waals surface area contributed by atoms with Crippen LogP contribution >= 0.6 is 0 Å². The first-order valence-electron chi connectivity index (χ1n) is 8.62.